The molecule has 0 aliphatic carbocycles. The van der Waals surface area contributed by atoms with Crippen molar-refractivity contribution in [2.24, 2.45) is 0 Å². The van der Waals surface area contributed by atoms with E-state index < -0.39 is 16.1 Å². The quantitative estimate of drug-likeness (QED) is 0.736. The third kappa shape index (κ3) is 3.69. The smallest absolute Gasteiger partial charge is 0.242 e. The first-order valence-electron chi connectivity index (χ1n) is 6.21. The molecule has 114 valence electrons. The highest BCUT2D eigenvalue weighted by atomic mass is 35.5. The van der Waals surface area contributed by atoms with Crippen molar-refractivity contribution in [2.75, 3.05) is 11.9 Å². The number of aromatic nitrogens is 4. The lowest BCUT2D eigenvalue weighted by molar-refractivity contribution is 0.560. The first-order valence-corrected chi connectivity index (χ1v) is 8.07. The summed E-state index contributed by atoms with van der Waals surface area (Å²) < 4.78 is 27.0. The fourth-order valence-corrected chi connectivity index (χ4v) is 3.12. The van der Waals surface area contributed by atoms with Crippen LogP contribution in [0.5, 0.6) is 0 Å². The van der Waals surface area contributed by atoms with Gasteiger partial charge in [-0.1, -0.05) is 11.6 Å². The van der Waals surface area contributed by atoms with Crippen LogP contribution in [-0.4, -0.2) is 35.1 Å². The lowest BCUT2D eigenvalue weighted by Gasteiger charge is -2.12. The van der Waals surface area contributed by atoms with Gasteiger partial charge in [-0.05, 0) is 19.9 Å². The summed E-state index contributed by atoms with van der Waals surface area (Å²) in [5.74, 6) is 0.864. The van der Waals surface area contributed by atoms with Gasteiger partial charge in [0.15, 0.2) is 0 Å². The summed E-state index contributed by atoms with van der Waals surface area (Å²) in [6.45, 7) is 4.18. The van der Waals surface area contributed by atoms with Crippen LogP contribution >= 0.6 is 11.6 Å². The van der Waals surface area contributed by atoms with Crippen LogP contribution in [0.15, 0.2) is 23.5 Å². The second-order valence-corrected chi connectivity index (χ2v) is 6.37. The molecule has 8 nitrogen and oxygen atoms in total. The van der Waals surface area contributed by atoms with Crippen molar-refractivity contribution < 1.29 is 8.42 Å². The Morgan fingerprint density at radius 2 is 2.19 bits per heavy atom. The summed E-state index contributed by atoms with van der Waals surface area (Å²) in [6.07, 6.45) is 2.56. The van der Waals surface area contributed by atoms with Crippen molar-refractivity contribution in [3.8, 4) is 0 Å². The van der Waals surface area contributed by atoms with Crippen LogP contribution in [-0.2, 0) is 10.0 Å². The zero-order valence-electron chi connectivity index (χ0n) is 11.5. The molecule has 0 saturated carbocycles. The monoisotopic (exact) mass is 330 g/mol. The largest absolute Gasteiger partial charge is 0.369 e. The van der Waals surface area contributed by atoms with Gasteiger partial charge >= 0.3 is 0 Å². The molecule has 1 atom stereocenters. The zero-order chi connectivity index (χ0) is 15.5. The van der Waals surface area contributed by atoms with E-state index in [0.29, 0.717) is 18.2 Å². The fourth-order valence-electron chi connectivity index (χ4n) is 1.64. The normalized spacial score (nSPS) is 13.1. The first-order chi connectivity index (χ1) is 9.94. The van der Waals surface area contributed by atoms with Crippen LogP contribution in [0.4, 0.5) is 5.82 Å². The molecule has 1 unspecified atom stereocenters. The Bertz CT molecular complexity index is 704. The van der Waals surface area contributed by atoms with E-state index in [1.807, 2.05) is 6.92 Å². The van der Waals surface area contributed by atoms with Crippen LogP contribution in [0.25, 0.3) is 0 Å². The Hall–Kier alpha value is -1.71. The molecule has 2 heterocycles. The maximum Gasteiger partial charge on any atom is 0.242 e. The number of H-pyrrole nitrogens is 1. The zero-order valence-corrected chi connectivity index (χ0v) is 13.0. The van der Waals surface area contributed by atoms with Gasteiger partial charge in [-0.2, -0.15) is 5.10 Å². The van der Waals surface area contributed by atoms with Crippen molar-refractivity contribution in [3.63, 3.8) is 0 Å². The molecule has 0 amide bonds. The second kappa shape index (κ2) is 6.37. The van der Waals surface area contributed by atoms with Gasteiger partial charge in [-0.25, -0.2) is 23.1 Å². The van der Waals surface area contributed by atoms with Crippen LogP contribution in [0.2, 0.25) is 5.02 Å². The first kappa shape index (κ1) is 15.7. The van der Waals surface area contributed by atoms with E-state index in [4.69, 9.17) is 11.6 Å². The Morgan fingerprint density at radius 3 is 2.76 bits per heavy atom. The van der Waals surface area contributed by atoms with Gasteiger partial charge in [0.05, 0.1) is 11.1 Å². The molecular weight excluding hydrogens is 316 g/mol. The number of hydrogen-bond acceptors (Lipinski definition) is 6. The van der Waals surface area contributed by atoms with Gasteiger partial charge in [-0.15, -0.1) is 0 Å². The molecule has 0 fully saturated rings. The molecule has 21 heavy (non-hydrogen) atoms. The summed E-state index contributed by atoms with van der Waals surface area (Å²) in [4.78, 5) is 7.90. The molecule has 3 N–H and O–H groups in total. The summed E-state index contributed by atoms with van der Waals surface area (Å²) >= 11 is 6.00. The van der Waals surface area contributed by atoms with Crippen LogP contribution < -0.4 is 10.0 Å². The van der Waals surface area contributed by atoms with Gasteiger partial charge in [-0.3, -0.25) is 5.10 Å². The Balaban J connectivity index is 2.21. The van der Waals surface area contributed by atoms with Crippen molar-refractivity contribution in [1.82, 2.24) is 24.9 Å². The molecule has 10 heteroatoms. The van der Waals surface area contributed by atoms with Crippen molar-refractivity contribution in [3.05, 3.63) is 29.4 Å². The molecule has 0 saturated heterocycles. The minimum absolute atomic E-state index is 0.0134. The van der Waals surface area contributed by atoms with Crippen LogP contribution in [0.1, 0.15) is 25.7 Å². The fraction of sp³-hybridized carbons (Fsp3) is 0.364. The summed E-state index contributed by atoms with van der Waals surface area (Å²) in [5, 5.41) is 9.47. The van der Waals surface area contributed by atoms with Gasteiger partial charge < -0.3 is 5.32 Å². The number of pyridine rings is 1. The van der Waals surface area contributed by atoms with E-state index in [-0.39, 0.29) is 9.92 Å². The Morgan fingerprint density at radius 1 is 1.43 bits per heavy atom. The molecule has 0 radical (unpaired) electrons. The van der Waals surface area contributed by atoms with Crippen LogP contribution in [0.3, 0.4) is 0 Å². The third-order valence-electron chi connectivity index (χ3n) is 2.65. The average Bonchev–Trinajstić information content (AvgIpc) is 2.95. The molecular formula is C11H15ClN6O2S. The summed E-state index contributed by atoms with van der Waals surface area (Å²) in [7, 11) is -3.75. The molecule has 2 aromatic rings. The molecule has 0 aromatic carbocycles. The number of nitrogens with zero attached hydrogens (tertiary/aromatic N) is 3. The summed E-state index contributed by atoms with van der Waals surface area (Å²) in [6, 6.07) is 0.798. The average molecular weight is 331 g/mol. The second-order valence-electron chi connectivity index (χ2n) is 4.25. The van der Waals surface area contributed by atoms with Crippen molar-refractivity contribution >= 4 is 27.4 Å². The maximum atomic E-state index is 12.3. The van der Waals surface area contributed by atoms with E-state index >= 15 is 0 Å². The van der Waals surface area contributed by atoms with Crippen molar-refractivity contribution in [1.29, 1.82) is 0 Å². The topological polar surface area (TPSA) is 113 Å². The van der Waals surface area contributed by atoms with E-state index in [0.717, 1.165) is 0 Å². The van der Waals surface area contributed by atoms with E-state index in [1.54, 1.807) is 6.92 Å². The minimum Gasteiger partial charge on any atom is -0.369 e. The third-order valence-corrected chi connectivity index (χ3v) is 4.44. The van der Waals surface area contributed by atoms with Gasteiger partial charge in [0.2, 0.25) is 10.0 Å². The maximum absolute atomic E-state index is 12.3. The number of aromatic amines is 1. The minimum atomic E-state index is -3.75. The number of rotatable bonds is 6. The predicted molar refractivity (Wildman–Crippen MR) is 78.5 cm³/mol. The van der Waals surface area contributed by atoms with Gasteiger partial charge in [0.1, 0.15) is 22.9 Å². The molecule has 2 aromatic heterocycles. The Kier molecular flexibility index (Phi) is 4.76. The Labute approximate surface area is 127 Å². The van der Waals surface area contributed by atoms with Gasteiger partial charge in [0, 0.05) is 12.7 Å². The lowest BCUT2D eigenvalue weighted by Crippen LogP contribution is -2.27. The lowest BCUT2D eigenvalue weighted by atomic mass is 10.3. The molecule has 0 aliphatic rings. The van der Waals surface area contributed by atoms with E-state index in [2.05, 4.69) is 30.2 Å². The molecule has 2 rings (SSSR count). The number of halogens is 1. The number of anilines is 1. The molecule has 0 spiro atoms. The van der Waals surface area contributed by atoms with Gasteiger partial charge in [0.25, 0.3) is 0 Å². The number of nitrogens with one attached hydrogen (secondary N) is 3. The standard InChI is InChI=1S/C11H15ClN6O2S/c1-3-13-11-9(12)4-8(5-14-11)21(19,20)18-7(2)10-15-6-16-17-10/h4-7,18H,3H2,1-2H3,(H,13,14)(H,15,16,17). The number of hydrogen-bond donors (Lipinski definition) is 3. The summed E-state index contributed by atoms with van der Waals surface area (Å²) in [5.41, 5.74) is 0. The molecule has 0 bridgehead atoms. The van der Waals surface area contributed by atoms with E-state index in [1.165, 1.54) is 18.6 Å². The van der Waals surface area contributed by atoms with E-state index in [9.17, 15) is 8.42 Å². The highest BCUT2D eigenvalue weighted by molar-refractivity contribution is 7.89. The van der Waals surface area contributed by atoms with Crippen LogP contribution in [0, 0.1) is 0 Å². The SMILES string of the molecule is CCNc1ncc(S(=O)(=O)NC(C)c2ncn[nH]2)cc1Cl. The molecule has 0 aliphatic heterocycles. The van der Waals surface area contributed by atoms with Crippen molar-refractivity contribution in [2.45, 2.75) is 24.8 Å². The highest BCUT2D eigenvalue weighted by Gasteiger charge is 2.21. The highest BCUT2D eigenvalue weighted by Crippen LogP contribution is 2.23. The number of sulfonamides is 1. The predicted octanol–water partition coefficient (Wildman–Crippen LogP) is 1.32.